The lowest BCUT2D eigenvalue weighted by atomic mass is 9.99. The molecule has 1 saturated heterocycles. The van der Waals surface area contributed by atoms with Crippen LogP contribution in [0.4, 0.5) is 0 Å². The van der Waals surface area contributed by atoms with Gasteiger partial charge in [0.25, 0.3) is 0 Å². The SMILES string of the molecule is CCCCCCCCCCCCCCCCCCCCCCCCCCCCOCC(COC1OC(CO)C(O)C(O)C1O)OC(=O)CCCCCCCCCCCCCCCCCCCCCC. The van der Waals surface area contributed by atoms with E-state index in [1.165, 1.54) is 263 Å². The van der Waals surface area contributed by atoms with Crippen LogP contribution in [0.5, 0.6) is 0 Å². The zero-order chi connectivity index (χ0) is 49.9. The Balaban J connectivity index is 2.09. The lowest BCUT2D eigenvalue weighted by Crippen LogP contribution is -2.59. The second-order valence-electron chi connectivity index (χ2n) is 21.5. The number of ether oxygens (including phenoxy) is 4. The molecule has 0 bridgehead atoms. The molecule has 69 heavy (non-hydrogen) atoms. The van der Waals surface area contributed by atoms with Gasteiger partial charge in [-0.25, -0.2) is 0 Å². The van der Waals surface area contributed by atoms with Crippen molar-refractivity contribution in [3.8, 4) is 0 Å². The molecule has 9 heteroatoms. The van der Waals surface area contributed by atoms with Crippen molar-refractivity contribution in [1.82, 2.24) is 0 Å². The number of aliphatic hydroxyl groups excluding tert-OH is 4. The Hall–Kier alpha value is -0.810. The van der Waals surface area contributed by atoms with E-state index < -0.39 is 43.4 Å². The molecule has 0 aliphatic carbocycles. The van der Waals surface area contributed by atoms with E-state index in [1.807, 2.05) is 0 Å². The summed E-state index contributed by atoms with van der Waals surface area (Å²) in [5.74, 6) is -0.302. The minimum atomic E-state index is -1.53. The van der Waals surface area contributed by atoms with Gasteiger partial charge in [0.2, 0.25) is 0 Å². The van der Waals surface area contributed by atoms with E-state index in [1.54, 1.807) is 0 Å². The third kappa shape index (κ3) is 42.3. The first-order valence-corrected chi connectivity index (χ1v) is 30.6. The van der Waals surface area contributed by atoms with Crippen molar-refractivity contribution in [1.29, 1.82) is 0 Å². The number of hydrogen-bond donors (Lipinski definition) is 4. The number of carbonyl (C=O) groups is 1. The summed E-state index contributed by atoms with van der Waals surface area (Å²) in [7, 11) is 0. The summed E-state index contributed by atoms with van der Waals surface area (Å²) in [6.45, 7) is 4.65. The van der Waals surface area contributed by atoms with Gasteiger partial charge in [-0.2, -0.15) is 0 Å². The molecule has 1 aliphatic rings. The molecule has 1 rings (SSSR count). The Morgan fingerprint density at radius 1 is 0.406 bits per heavy atom. The van der Waals surface area contributed by atoms with E-state index in [4.69, 9.17) is 18.9 Å². The van der Waals surface area contributed by atoms with Gasteiger partial charge in [-0.3, -0.25) is 4.79 Å². The lowest BCUT2D eigenvalue weighted by Gasteiger charge is -2.39. The van der Waals surface area contributed by atoms with Crippen LogP contribution in [-0.4, -0.2) is 89.6 Å². The average molecular weight is 984 g/mol. The van der Waals surface area contributed by atoms with Crippen LogP contribution >= 0.6 is 0 Å². The number of aliphatic hydroxyl groups is 4. The normalized spacial score (nSPS) is 18.8. The van der Waals surface area contributed by atoms with Crippen LogP contribution in [0, 0.1) is 0 Å². The van der Waals surface area contributed by atoms with Crippen LogP contribution in [-0.2, 0) is 23.7 Å². The monoisotopic (exact) mass is 983 g/mol. The molecule has 1 heterocycles. The van der Waals surface area contributed by atoms with Crippen LogP contribution in [0.2, 0.25) is 0 Å². The molecule has 0 aromatic rings. The second-order valence-corrected chi connectivity index (χ2v) is 21.5. The Kier molecular flexibility index (Phi) is 50.0. The van der Waals surface area contributed by atoms with Gasteiger partial charge in [0, 0.05) is 13.0 Å². The molecular weight excluding hydrogens is 865 g/mol. The van der Waals surface area contributed by atoms with Crippen LogP contribution in [0.1, 0.15) is 316 Å². The number of esters is 1. The Morgan fingerprint density at radius 2 is 0.710 bits per heavy atom. The number of rotatable bonds is 55. The van der Waals surface area contributed by atoms with Gasteiger partial charge >= 0.3 is 5.97 Å². The van der Waals surface area contributed by atoms with Crippen LogP contribution in [0.3, 0.4) is 0 Å². The largest absolute Gasteiger partial charge is 0.457 e. The predicted molar refractivity (Wildman–Crippen MR) is 289 cm³/mol. The number of hydrogen-bond acceptors (Lipinski definition) is 9. The summed E-state index contributed by atoms with van der Waals surface area (Å²) in [4.78, 5) is 12.9. The molecule has 1 aliphatic heterocycles. The zero-order valence-corrected chi connectivity index (χ0v) is 45.9. The van der Waals surface area contributed by atoms with Crippen molar-refractivity contribution < 1.29 is 44.2 Å². The average Bonchev–Trinajstić information content (AvgIpc) is 3.35. The van der Waals surface area contributed by atoms with Crippen molar-refractivity contribution in [3.63, 3.8) is 0 Å². The maximum Gasteiger partial charge on any atom is 0.306 e. The number of carbonyl (C=O) groups excluding carboxylic acids is 1. The van der Waals surface area contributed by atoms with Crippen LogP contribution < -0.4 is 0 Å². The van der Waals surface area contributed by atoms with Gasteiger partial charge in [0.05, 0.1) is 19.8 Å². The third-order valence-corrected chi connectivity index (χ3v) is 14.8. The first kappa shape index (κ1) is 66.2. The predicted octanol–water partition coefficient (Wildman–Crippen LogP) is 16.1. The highest BCUT2D eigenvalue weighted by Crippen LogP contribution is 2.23. The Labute approximate surface area is 427 Å². The van der Waals surface area contributed by atoms with Crippen molar-refractivity contribution in [3.05, 3.63) is 0 Å². The van der Waals surface area contributed by atoms with Gasteiger partial charge in [-0.05, 0) is 12.8 Å². The maximum atomic E-state index is 12.9. The quantitative estimate of drug-likeness (QED) is 0.0347. The minimum Gasteiger partial charge on any atom is -0.457 e. The fourth-order valence-corrected chi connectivity index (χ4v) is 10.0. The summed E-state index contributed by atoms with van der Waals surface area (Å²) in [6.07, 6.45) is 54.5. The highest BCUT2D eigenvalue weighted by atomic mass is 16.7. The van der Waals surface area contributed by atoms with Gasteiger partial charge in [0.15, 0.2) is 6.29 Å². The van der Waals surface area contributed by atoms with Gasteiger partial charge in [-0.1, -0.05) is 296 Å². The van der Waals surface area contributed by atoms with Crippen molar-refractivity contribution >= 4 is 5.97 Å². The summed E-state index contributed by atoms with van der Waals surface area (Å²) < 4.78 is 23.0. The van der Waals surface area contributed by atoms with Crippen LogP contribution in [0.25, 0.3) is 0 Å². The van der Waals surface area contributed by atoms with E-state index in [-0.39, 0.29) is 19.2 Å². The Morgan fingerprint density at radius 3 is 1.03 bits per heavy atom. The maximum absolute atomic E-state index is 12.9. The minimum absolute atomic E-state index is 0.104. The fourth-order valence-electron chi connectivity index (χ4n) is 10.0. The van der Waals surface area contributed by atoms with E-state index in [9.17, 15) is 25.2 Å². The van der Waals surface area contributed by atoms with Crippen molar-refractivity contribution in [2.75, 3.05) is 26.4 Å². The van der Waals surface area contributed by atoms with Gasteiger partial charge in [0.1, 0.15) is 30.5 Å². The molecule has 412 valence electrons. The molecule has 0 saturated carbocycles. The van der Waals surface area contributed by atoms with Gasteiger partial charge < -0.3 is 39.4 Å². The number of unbranched alkanes of at least 4 members (excludes halogenated alkanes) is 44. The summed E-state index contributed by atoms with van der Waals surface area (Å²) in [5.41, 5.74) is 0. The second kappa shape index (κ2) is 52.1. The highest BCUT2D eigenvalue weighted by Gasteiger charge is 2.44. The summed E-state index contributed by atoms with van der Waals surface area (Å²) in [5, 5.41) is 40.4. The topological polar surface area (TPSA) is 135 Å². The third-order valence-electron chi connectivity index (χ3n) is 14.8. The van der Waals surface area contributed by atoms with E-state index in [2.05, 4.69) is 13.8 Å². The molecule has 0 aromatic carbocycles. The molecule has 1 fully saturated rings. The van der Waals surface area contributed by atoms with E-state index in [0.29, 0.717) is 13.0 Å². The first-order valence-electron chi connectivity index (χ1n) is 30.6. The van der Waals surface area contributed by atoms with Crippen molar-refractivity contribution in [2.24, 2.45) is 0 Å². The Bertz CT molecular complexity index is 1030. The molecule has 0 amide bonds. The summed E-state index contributed by atoms with van der Waals surface area (Å²) in [6, 6.07) is 0. The molecule has 0 spiro atoms. The lowest BCUT2D eigenvalue weighted by molar-refractivity contribution is -0.305. The van der Waals surface area contributed by atoms with Crippen LogP contribution in [0.15, 0.2) is 0 Å². The fraction of sp³-hybridized carbons (Fsp3) is 0.983. The zero-order valence-electron chi connectivity index (χ0n) is 45.9. The molecule has 0 aromatic heterocycles. The molecule has 9 nitrogen and oxygen atoms in total. The highest BCUT2D eigenvalue weighted by molar-refractivity contribution is 5.69. The van der Waals surface area contributed by atoms with E-state index >= 15 is 0 Å². The molecule has 6 unspecified atom stereocenters. The first-order chi connectivity index (χ1) is 33.9. The molecular formula is C60H118O9. The van der Waals surface area contributed by atoms with E-state index in [0.717, 1.165) is 32.1 Å². The molecule has 0 radical (unpaired) electrons. The standard InChI is InChI=1S/C60H118O9/c1-3-5-7-9-11-13-15-17-19-21-23-25-26-27-28-29-30-32-34-36-38-40-42-44-46-48-50-66-52-54(53-67-60-59(65)58(64)57(63)55(51-61)69-60)68-56(62)49-47-45-43-41-39-37-35-33-31-24-22-20-18-16-14-12-10-8-6-4-2/h54-55,57-61,63-65H,3-53H2,1-2H3. The van der Waals surface area contributed by atoms with Gasteiger partial charge in [-0.15, -0.1) is 0 Å². The molecule has 4 N–H and O–H groups in total. The smallest absolute Gasteiger partial charge is 0.306 e. The van der Waals surface area contributed by atoms with Crippen molar-refractivity contribution in [2.45, 2.75) is 352 Å². The molecule has 6 atom stereocenters. The summed E-state index contributed by atoms with van der Waals surface area (Å²) >= 11 is 0.